The van der Waals surface area contributed by atoms with Gasteiger partial charge in [-0.15, -0.1) is 0 Å². The Morgan fingerprint density at radius 1 is 1.62 bits per heavy atom. The van der Waals surface area contributed by atoms with Gasteiger partial charge in [-0.3, -0.25) is 0 Å². The maximum Gasteiger partial charge on any atom is 0.0759 e. The number of hydrogen-bond donors (Lipinski definition) is 1. The van der Waals surface area contributed by atoms with Crippen LogP contribution in [-0.4, -0.2) is 29.8 Å². The van der Waals surface area contributed by atoms with Gasteiger partial charge in [0.15, 0.2) is 0 Å². The Kier molecular flexibility index (Phi) is 2.86. The van der Waals surface area contributed by atoms with Crippen LogP contribution < -0.4 is 5.73 Å². The lowest BCUT2D eigenvalue weighted by Gasteiger charge is -2.33. The van der Waals surface area contributed by atoms with E-state index in [0.717, 1.165) is 19.6 Å². The molecule has 2 nitrogen and oxygen atoms in total. The first-order chi connectivity index (χ1) is 6.26. The average molecular weight is 201 g/mol. The van der Waals surface area contributed by atoms with Gasteiger partial charge in [0.2, 0.25) is 0 Å². The number of nitrogens with two attached hydrogens (primary N) is 1. The van der Waals surface area contributed by atoms with Crippen LogP contribution in [0.15, 0.2) is 0 Å². The highest BCUT2D eigenvalue weighted by Gasteiger charge is 2.44. The predicted octanol–water partition coefficient (Wildman–Crippen LogP) is 1.64. The summed E-state index contributed by atoms with van der Waals surface area (Å²) in [6.07, 6.45) is 4.24. The van der Waals surface area contributed by atoms with Gasteiger partial charge in [-0.05, 0) is 38.5 Å². The molecule has 2 aliphatic rings. The maximum absolute atomic E-state index is 5.84. The fraction of sp³-hybridized carbons (Fsp3) is 1.00. The van der Waals surface area contributed by atoms with E-state index in [0.29, 0.717) is 16.8 Å². The Morgan fingerprint density at radius 3 is 3.08 bits per heavy atom. The topological polar surface area (TPSA) is 35.2 Å². The highest BCUT2D eigenvalue weighted by atomic mass is 32.2. The predicted molar refractivity (Wildman–Crippen MR) is 57.0 cm³/mol. The normalized spacial score (nSPS) is 45.7. The van der Waals surface area contributed by atoms with Crippen molar-refractivity contribution in [1.29, 1.82) is 0 Å². The van der Waals surface area contributed by atoms with Gasteiger partial charge in [-0.1, -0.05) is 0 Å². The second kappa shape index (κ2) is 3.79. The molecule has 3 unspecified atom stereocenters. The molecular formula is C10H19NOS. The molecule has 0 radical (unpaired) electrons. The highest BCUT2D eigenvalue weighted by molar-refractivity contribution is 8.00. The fourth-order valence-corrected chi connectivity index (χ4v) is 4.04. The molecule has 0 aliphatic carbocycles. The second-order valence-electron chi connectivity index (χ2n) is 4.34. The molecule has 0 aromatic heterocycles. The fourth-order valence-electron chi connectivity index (χ4n) is 2.58. The largest absolute Gasteiger partial charge is 0.376 e. The standard InChI is InChI=1S/C10H19NOS/c1-10(4-2-6-13-10)9-8(7-11)3-5-12-9/h8-9H,2-7,11H2,1H3. The Bertz CT molecular complexity index is 180. The first-order valence-corrected chi connectivity index (χ1v) is 6.20. The van der Waals surface area contributed by atoms with Gasteiger partial charge in [-0.2, -0.15) is 11.8 Å². The minimum Gasteiger partial charge on any atom is -0.376 e. The molecule has 3 atom stereocenters. The Hall–Kier alpha value is 0.270. The quantitative estimate of drug-likeness (QED) is 0.737. The van der Waals surface area contributed by atoms with Gasteiger partial charge < -0.3 is 10.5 Å². The molecule has 2 saturated heterocycles. The van der Waals surface area contributed by atoms with Crippen LogP contribution in [-0.2, 0) is 4.74 Å². The molecule has 0 bridgehead atoms. The van der Waals surface area contributed by atoms with Crippen molar-refractivity contribution >= 4 is 11.8 Å². The molecule has 76 valence electrons. The average Bonchev–Trinajstić information content (AvgIpc) is 2.72. The van der Waals surface area contributed by atoms with Gasteiger partial charge in [-0.25, -0.2) is 0 Å². The summed E-state index contributed by atoms with van der Waals surface area (Å²) in [6, 6.07) is 0. The molecule has 2 N–H and O–H groups in total. The molecular weight excluding hydrogens is 182 g/mol. The zero-order valence-corrected chi connectivity index (χ0v) is 9.11. The van der Waals surface area contributed by atoms with E-state index in [-0.39, 0.29) is 0 Å². The van der Waals surface area contributed by atoms with Crippen molar-refractivity contribution in [2.75, 3.05) is 18.9 Å². The van der Waals surface area contributed by atoms with Crippen molar-refractivity contribution in [3.63, 3.8) is 0 Å². The van der Waals surface area contributed by atoms with Crippen LogP contribution in [0.1, 0.15) is 26.2 Å². The van der Waals surface area contributed by atoms with Crippen LogP contribution in [0, 0.1) is 5.92 Å². The highest BCUT2D eigenvalue weighted by Crippen LogP contribution is 2.46. The number of hydrogen-bond acceptors (Lipinski definition) is 3. The summed E-state index contributed by atoms with van der Waals surface area (Å²) in [5.41, 5.74) is 5.76. The SMILES string of the molecule is CC1(C2OCCC2CN)CCCS1. The van der Waals surface area contributed by atoms with Crippen LogP contribution in [0.2, 0.25) is 0 Å². The summed E-state index contributed by atoms with van der Waals surface area (Å²) in [7, 11) is 0. The molecule has 0 amide bonds. The second-order valence-corrected chi connectivity index (χ2v) is 5.97. The summed E-state index contributed by atoms with van der Waals surface area (Å²) in [5.74, 6) is 1.91. The van der Waals surface area contributed by atoms with Crippen LogP contribution in [0.25, 0.3) is 0 Å². The summed E-state index contributed by atoms with van der Waals surface area (Å²) in [5, 5.41) is 0. The molecule has 0 aromatic rings. The summed E-state index contributed by atoms with van der Waals surface area (Å²) >= 11 is 2.08. The number of thioether (sulfide) groups is 1. The van der Waals surface area contributed by atoms with E-state index in [2.05, 4.69) is 18.7 Å². The summed E-state index contributed by atoms with van der Waals surface area (Å²) in [4.78, 5) is 0. The lowest BCUT2D eigenvalue weighted by molar-refractivity contribution is 0.0627. The van der Waals surface area contributed by atoms with Crippen molar-refractivity contribution in [1.82, 2.24) is 0 Å². The molecule has 0 spiro atoms. The Labute approximate surface area is 84.6 Å². The Morgan fingerprint density at radius 2 is 2.46 bits per heavy atom. The van der Waals surface area contributed by atoms with Gasteiger partial charge in [0.05, 0.1) is 6.10 Å². The van der Waals surface area contributed by atoms with Crippen LogP contribution >= 0.6 is 11.8 Å². The first kappa shape index (κ1) is 9.81. The molecule has 3 heteroatoms. The molecule has 2 rings (SSSR count). The summed E-state index contributed by atoms with van der Waals surface area (Å²) in [6.45, 7) is 4.06. The van der Waals surface area contributed by atoms with Gasteiger partial charge >= 0.3 is 0 Å². The molecule has 0 aromatic carbocycles. The van der Waals surface area contributed by atoms with Crippen molar-refractivity contribution in [2.24, 2.45) is 11.7 Å². The zero-order valence-electron chi connectivity index (χ0n) is 8.29. The molecule has 2 aliphatic heterocycles. The van der Waals surface area contributed by atoms with E-state index < -0.39 is 0 Å². The lowest BCUT2D eigenvalue weighted by Crippen LogP contribution is -2.40. The summed E-state index contributed by atoms with van der Waals surface area (Å²) < 4.78 is 6.20. The van der Waals surface area contributed by atoms with Crippen molar-refractivity contribution in [2.45, 2.75) is 37.0 Å². The van der Waals surface area contributed by atoms with E-state index in [1.807, 2.05) is 0 Å². The van der Waals surface area contributed by atoms with Gasteiger partial charge in [0.1, 0.15) is 0 Å². The monoisotopic (exact) mass is 201 g/mol. The van der Waals surface area contributed by atoms with E-state index in [1.165, 1.54) is 18.6 Å². The third-order valence-corrected chi connectivity index (χ3v) is 4.96. The number of rotatable bonds is 2. The van der Waals surface area contributed by atoms with Crippen LogP contribution in [0.3, 0.4) is 0 Å². The first-order valence-electron chi connectivity index (χ1n) is 5.22. The smallest absolute Gasteiger partial charge is 0.0759 e. The third-order valence-electron chi connectivity index (χ3n) is 3.37. The molecule has 0 saturated carbocycles. The van der Waals surface area contributed by atoms with Crippen molar-refractivity contribution < 1.29 is 4.74 Å². The van der Waals surface area contributed by atoms with Crippen LogP contribution in [0.4, 0.5) is 0 Å². The third kappa shape index (κ3) is 1.74. The lowest BCUT2D eigenvalue weighted by atomic mass is 9.88. The van der Waals surface area contributed by atoms with Crippen molar-refractivity contribution in [3.8, 4) is 0 Å². The number of ether oxygens (including phenoxy) is 1. The van der Waals surface area contributed by atoms with E-state index in [4.69, 9.17) is 10.5 Å². The minimum absolute atomic E-state index is 0.362. The van der Waals surface area contributed by atoms with E-state index in [1.54, 1.807) is 0 Å². The van der Waals surface area contributed by atoms with Crippen molar-refractivity contribution in [3.05, 3.63) is 0 Å². The van der Waals surface area contributed by atoms with Gasteiger partial charge in [0.25, 0.3) is 0 Å². The van der Waals surface area contributed by atoms with Gasteiger partial charge in [0, 0.05) is 17.3 Å². The Balaban J connectivity index is 2.05. The molecule has 13 heavy (non-hydrogen) atoms. The zero-order chi connectivity index (χ0) is 9.31. The molecule has 2 heterocycles. The molecule has 2 fully saturated rings. The van der Waals surface area contributed by atoms with E-state index in [9.17, 15) is 0 Å². The maximum atomic E-state index is 5.84. The minimum atomic E-state index is 0.362. The van der Waals surface area contributed by atoms with Crippen LogP contribution in [0.5, 0.6) is 0 Å². The van der Waals surface area contributed by atoms with E-state index >= 15 is 0 Å².